The Morgan fingerprint density at radius 2 is 1.69 bits per heavy atom. The summed E-state index contributed by atoms with van der Waals surface area (Å²) in [6.45, 7) is 3.80. The van der Waals surface area contributed by atoms with E-state index < -0.39 is 12.0 Å². The van der Waals surface area contributed by atoms with E-state index >= 15 is 0 Å². The van der Waals surface area contributed by atoms with Crippen LogP contribution in [0.4, 0.5) is 0 Å². The maximum absolute atomic E-state index is 13.0. The van der Waals surface area contributed by atoms with Crippen LogP contribution in [-0.4, -0.2) is 43.0 Å². The number of nitrogens with two attached hydrogens (primary N) is 1. The summed E-state index contributed by atoms with van der Waals surface area (Å²) in [7, 11) is 1.52. The van der Waals surface area contributed by atoms with Gasteiger partial charge in [-0.15, -0.1) is 0 Å². The number of nitrogens with one attached hydrogen (secondary N) is 2. The van der Waals surface area contributed by atoms with Gasteiger partial charge < -0.3 is 16.4 Å². The van der Waals surface area contributed by atoms with Gasteiger partial charge in [0, 0.05) is 32.2 Å². The lowest BCUT2D eigenvalue weighted by Gasteiger charge is -2.23. The average Bonchev–Trinajstić information content (AvgIpc) is 2.70. The van der Waals surface area contributed by atoms with Crippen LogP contribution in [0.1, 0.15) is 45.1 Å². The molecule has 1 rings (SSSR count). The Balaban J connectivity index is 2.89. The number of Topliss-reactive ketones (excluding diaryl/α,β-unsaturated/α-hetero) is 2. The van der Waals surface area contributed by atoms with Crippen molar-refractivity contribution in [2.24, 2.45) is 17.6 Å². The van der Waals surface area contributed by atoms with Crippen molar-refractivity contribution in [3.63, 3.8) is 0 Å². The second-order valence-electron chi connectivity index (χ2n) is 7.66. The number of benzene rings is 1. The van der Waals surface area contributed by atoms with Crippen LogP contribution in [0.2, 0.25) is 0 Å². The number of amides is 2. The van der Waals surface area contributed by atoms with Crippen molar-refractivity contribution < 1.29 is 19.2 Å². The lowest BCUT2D eigenvalue weighted by molar-refractivity contribution is -0.133. The number of hydrogen-bond donors (Lipinski definition) is 3. The molecule has 0 radical (unpaired) electrons. The van der Waals surface area contributed by atoms with Crippen LogP contribution in [0.3, 0.4) is 0 Å². The van der Waals surface area contributed by atoms with Crippen molar-refractivity contribution in [3.8, 4) is 0 Å². The summed E-state index contributed by atoms with van der Waals surface area (Å²) >= 11 is 0. The van der Waals surface area contributed by atoms with E-state index in [9.17, 15) is 19.2 Å². The molecule has 29 heavy (non-hydrogen) atoms. The van der Waals surface area contributed by atoms with Crippen LogP contribution >= 0.6 is 0 Å². The van der Waals surface area contributed by atoms with Gasteiger partial charge in [0.15, 0.2) is 5.78 Å². The molecule has 0 aromatic heterocycles. The molecule has 0 spiro atoms. The Bertz CT molecular complexity index is 689. The number of carbonyl (C=O) groups excluding carboxylic acids is 4. The molecule has 1 aromatic carbocycles. The third kappa shape index (κ3) is 9.47. The summed E-state index contributed by atoms with van der Waals surface area (Å²) in [5.41, 5.74) is 6.37. The van der Waals surface area contributed by atoms with E-state index in [1.54, 1.807) is 0 Å². The minimum atomic E-state index is -0.682. The smallest absolute Gasteiger partial charge is 0.224 e. The van der Waals surface area contributed by atoms with Crippen molar-refractivity contribution in [1.29, 1.82) is 0 Å². The quantitative estimate of drug-likeness (QED) is 0.460. The molecule has 0 aliphatic heterocycles. The molecule has 0 bridgehead atoms. The molecule has 1 aromatic rings. The molecule has 7 heteroatoms. The molecule has 0 aliphatic rings. The molecular formula is C22H33N3O4. The SMILES string of the molecule is CNC(=O)CCC(=O)C(CC(C)C)NC(=O)C(CC(=O)CN)Cc1ccccc1. The number of carbonyl (C=O) groups is 4. The summed E-state index contributed by atoms with van der Waals surface area (Å²) in [5, 5.41) is 5.31. The Kier molecular flexibility index (Phi) is 10.8. The van der Waals surface area contributed by atoms with Gasteiger partial charge in [-0.05, 0) is 24.3 Å². The minimum Gasteiger partial charge on any atom is -0.359 e. The summed E-state index contributed by atoms with van der Waals surface area (Å²) in [4.78, 5) is 48.9. The first-order chi connectivity index (χ1) is 13.8. The predicted octanol–water partition coefficient (Wildman–Crippen LogP) is 1.39. The summed E-state index contributed by atoms with van der Waals surface area (Å²) in [6.07, 6.45) is 1.03. The predicted molar refractivity (Wildman–Crippen MR) is 112 cm³/mol. The lowest BCUT2D eigenvalue weighted by atomic mass is 9.91. The maximum Gasteiger partial charge on any atom is 0.224 e. The highest BCUT2D eigenvalue weighted by molar-refractivity contribution is 5.93. The Hall–Kier alpha value is -2.54. The Labute approximate surface area is 172 Å². The highest BCUT2D eigenvalue weighted by Gasteiger charge is 2.27. The molecule has 0 heterocycles. The van der Waals surface area contributed by atoms with Gasteiger partial charge in [-0.2, -0.15) is 0 Å². The molecule has 7 nitrogen and oxygen atoms in total. The summed E-state index contributed by atoms with van der Waals surface area (Å²) < 4.78 is 0. The largest absolute Gasteiger partial charge is 0.359 e. The van der Waals surface area contributed by atoms with Gasteiger partial charge in [0.25, 0.3) is 0 Å². The van der Waals surface area contributed by atoms with E-state index in [4.69, 9.17) is 5.73 Å². The molecule has 0 saturated carbocycles. The average molecular weight is 404 g/mol. The Morgan fingerprint density at radius 1 is 1.03 bits per heavy atom. The molecule has 0 fully saturated rings. The van der Waals surface area contributed by atoms with Crippen LogP contribution in [0.25, 0.3) is 0 Å². The molecule has 160 valence electrons. The molecular weight excluding hydrogens is 370 g/mol. The van der Waals surface area contributed by atoms with Crippen molar-refractivity contribution in [2.45, 2.75) is 52.0 Å². The zero-order chi connectivity index (χ0) is 21.8. The highest BCUT2D eigenvalue weighted by Crippen LogP contribution is 2.16. The summed E-state index contributed by atoms with van der Waals surface area (Å²) in [5.74, 6) is -1.36. The third-order valence-corrected chi connectivity index (χ3v) is 4.69. The summed E-state index contributed by atoms with van der Waals surface area (Å²) in [6, 6.07) is 8.74. The molecule has 2 atom stereocenters. The van der Waals surface area contributed by atoms with E-state index in [1.165, 1.54) is 7.05 Å². The third-order valence-electron chi connectivity index (χ3n) is 4.69. The first-order valence-corrected chi connectivity index (χ1v) is 10.1. The van der Waals surface area contributed by atoms with Crippen LogP contribution in [0, 0.1) is 11.8 Å². The van der Waals surface area contributed by atoms with E-state index in [-0.39, 0.29) is 55.1 Å². The van der Waals surface area contributed by atoms with E-state index in [0.717, 1.165) is 5.56 Å². The first-order valence-electron chi connectivity index (χ1n) is 10.1. The van der Waals surface area contributed by atoms with Crippen LogP contribution < -0.4 is 16.4 Å². The molecule has 0 saturated heterocycles. The molecule has 2 amide bonds. The zero-order valence-corrected chi connectivity index (χ0v) is 17.6. The first kappa shape index (κ1) is 24.5. The standard InChI is InChI=1S/C22H33N3O4/c1-15(2)11-19(20(27)9-10-21(28)24-3)25-22(29)17(13-18(26)14-23)12-16-7-5-4-6-8-16/h4-8,15,17,19H,9-14,23H2,1-3H3,(H,24,28)(H,25,29). The monoisotopic (exact) mass is 403 g/mol. The highest BCUT2D eigenvalue weighted by atomic mass is 16.2. The fourth-order valence-corrected chi connectivity index (χ4v) is 3.08. The normalized spacial score (nSPS) is 12.9. The van der Waals surface area contributed by atoms with Gasteiger partial charge >= 0.3 is 0 Å². The van der Waals surface area contributed by atoms with Crippen molar-refractivity contribution >= 4 is 23.4 Å². The zero-order valence-electron chi connectivity index (χ0n) is 17.6. The molecule has 4 N–H and O–H groups in total. The topological polar surface area (TPSA) is 118 Å². The fourth-order valence-electron chi connectivity index (χ4n) is 3.08. The number of hydrogen-bond acceptors (Lipinski definition) is 5. The van der Waals surface area contributed by atoms with Crippen molar-refractivity contribution in [3.05, 3.63) is 35.9 Å². The van der Waals surface area contributed by atoms with Crippen molar-refractivity contribution in [1.82, 2.24) is 10.6 Å². The number of ketones is 2. The lowest BCUT2D eigenvalue weighted by Crippen LogP contribution is -2.45. The van der Waals surface area contributed by atoms with Crippen LogP contribution in [0.15, 0.2) is 30.3 Å². The van der Waals surface area contributed by atoms with Crippen LogP contribution in [0.5, 0.6) is 0 Å². The van der Waals surface area contributed by atoms with Crippen molar-refractivity contribution in [2.75, 3.05) is 13.6 Å². The van der Waals surface area contributed by atoms with Gasteiger partial charge in [-0.3, -0.25) is 19.2 Å². The van der Waals surface area contributed by atoms with Gasteiger partial charge in [0.2, 0.25) is 11.8 Å². The van der Waals surface area contributed by atoms with E-state index in [2.05, 4.69) is 10.6 Å². The second kappa shape index (κ2) is 12.8. The van der Waals surface area contributed by atoms with Gasteiger partial charge in [-0.25, -0.2) is 0 Å². The maximum atomic E-state index is 13.0. The fraction of sp³-hybridized carbons (Fsp3) is 0.545. The second-order valence-corrected chi connectivity index (χ2v) is 7.66. The van der Waals surface area contributed by atoms with Crippen LogP contribution in [-0.2, 0) is 25.6 Å². The van der Waals surface area contributed by atoms with E-state index in [0.29, 0.717) is 12.8 Å². The van der Waals surface area contributed by atoms with Gasteiger partial charge in [-0.1, -0.05) is 44.2 Å². The number of rotatable bonds is 13. The minimum absolute atomic E-state index is 0.0259. The van der Waals surface area contributed by atoms with Gasteiger partial charge in [0.1, 0.15) is 5.78 Å². The van der Waals surface area contributed by atoms with Gasteiger partial charge in [0.05, 0.1) is 12.6 Å². The molecule has 0 aliphatic carbocycles. The molecule has 2 unspecified atom stereocenters. The van der Waals surface area contributed by atoms with E-state index in [1.807, 2.05) is 44.2 Å². The Morgan fingerprint density at radius 3 is 2.24 bits per heavy atom.